The molecule has 0 radical (unpaired) electrons. The van der Waals surface area contributed by atoms with Gasteiger partial charge in [0.1, 0.15) is 13.2 Å². The van der Waals surface area contributed by atoms with E-state index in [0.717, 1.165) is 56.3 Å². The lowest BCUT2D eigenvalue weighted by Crippen LogP contribution is -2.45. The summed E-state index contributed by atoms with van der Waals surface area (Å²) < 4.78 is 11.2. The third-order valence-corrected chi connectivity index (χ3v) is 6.15. The first kappa shape index (κ1) is 21.7. The molecule has 1 N–H and O–H groups in total. The molecule has 0 spiro atoms. The highest BCUT2D eigenvalue weighted by atomic mass is 16.6. The lowest BCUT2D eigenvalue weighted by Gasteiger charge is -2.34. The highest BCUT2D eigenvalue weighted by Crippen LogP contribution is 2.31. The Morgan fingerprint density at radius 3 is 2.42 bits per heavy atom. The van der Waals surface area contributed by atoms with Gasteiger partial charge in [-0.05, 0) is 41.8 Å². The quantitative estimate of drug-likeness (QED) is 0.708. The predicted molar refractivity (Wildman–Crippen MR) is 121 cm³/mol. The van der Waals surface area contributed by atoms with E-state index in [-0.39, 0.29) is 5.91 Å². The summed E-state index contributed by atoms with van der Waals surface area (Å²) in [7, 11) is 0. The van der Waals surface area contributed by atoms with E-state index in [1.54, 1.807) is 0 Å². The fraction of sp³-hybridized carbons (Fsp3) is 0.480. The largest absolute Gasteiger partial charge is 0.486 e. The first-order valence-corrected chi connectivity index (χ1v) is 11.4. The summed E-state index contributed by atoms with van der Waals surface area (Å²) in [6.45, 7) is 10.5. The van der Waals surface area contributed by atoms with Crippen molar-refractivity contribution in [1.82, 2.24) is 15.1 Å². The van der Waals surface area contributed by atoms with Crippen LogP contribution < -0.4 is 14.8 Å². The van der Waals surface area contributed by atoms with Gasteiger partial charge >= 0.3 is 0 Å². The molecule has 2 aromatic carbocycles. The van der Waals surface area contributed by atoms with Crippen molar-refractivity contribution in [3.05, 3.63) is 59.2 Å². The van der Waals surface area contributed by atoms with Crippen molar-refractivity contribution < 1.29 is 14.3 Å². The number of nitrogens with zero attached hydrogens (tertiary/aromatic N) is 2. The number of hydrogen-bond donors (Lipinski definition) is 1. The van der Waals surface area contributed by atoms with Crippen molar-refractivity contribution in [2.75, 3.05) is 45.9 Å². The van der Waals surface area contributed by atoms with E-state index in [9.17, 15) is 4.79 Å². The van der Waals surface area contributed by atoms with Gasteiger partial charge in [0.25, 0.3) is 0 Å². The van der Waals surface area contributed by atoms with E-state index in [1.165, 1.54) is 11.1 Å². The average Bonchev–Trinajstić information content (AvgIpc) is 2.82. The van der Waals surface area contributed by atoms with Crippen LogP contribution in [-0.2, 0) is 24.3 Å². The molecule has 0 bridgehead atoms. The van der Waals surface area contributed by atoms with E-state index in [0.29, 0.717) is 32.6 Å². The smallest absolute Gasteiger partial charge is 0.220 e. The Kier molecular flexibility index (Phi) is 7.43. The van der Waals surface area contributed by atoms with Gasteiger partial charge in [-0.2, -0.15) is 0 Å². The summed E-state index contributed by atoms with van der Waals surface area (Å²) in [6.07, 6.45) is 1.15. The van der Waals surface area contributed by atoms with Crippen LogP contribution in [-0.4, -0.2) is 61.6 Å². The number of carbonyl (C=O) groups is 1. The maximum absolute atomic E-state index is 12.5. The average molecular weight is 424 g/mol. The Morgan fingerprint density at radius 2 is 1.65 bits per heavy atom. The first-order valence-electron chi connectivity index (χ1n) is 11.4. The molecule has 2 aromatic rings. The van der Waals surface area contributed by atoms with Gasteiger partial charge in [0.2, 0.25) is 5.91 Å². The number of piperazine rings is 1. The number of aryl methyl sites for hydroxylation is 1. The fourth-order valence-corrected chi connectivity index (χ4v) is 4.17. The van der Waals surface area contributed by atoms with Crippen LogP contribution in [0.5, 0.6) is 11.5 Å². The first-order chi connectivity index (χ1) is 15.2. The molecule has 6 nitrogen and oxygen atoms in total. The molecule has 1 saturated heterocycles. The predicted octanol–water partition coefficient (Wildman–Crippen LogP) is 2.84. The summed E-state index contributed by atoms with van der Waals surface area (Å²) in [6, 6.07) is 14.4. The van der Waals surface area contributed by atoms with Gasteiger partial charge in [0, 0.05) is 45.7 Å². The van der Waals surface area contributed by atoms with Crippen LogP contribution in [0.3, 0.4) is 0 Å². The third kappa shape index (κ3) is 5.99. The summed E-state index contributed by atoms with van der Waals surface area (Å²) in [5, 5.41) is 3.10. The molecule has 166 valence electrons. The van der Waals surface area contributed by atoms with Crippen LogP contribution in [0.15, 0.2) is 42.5 Å². The van der Waals surface area contributed by atoms with Crippen LogP contribution in [0.25, 0.3) is 0 Å². The zero-order chi connectivity index (χ0) is 21.5. The van der Waals surface area contributed by atoms with Gasteiger partial charge in [-0.1, -0.05) is 37.3 Å². The number of fused-ring (bicyclic) bond motifs is 1. The van der Waals surface area contributed by atoms with E-state index in [2.05, 4.69) is 46.3 Å². The molecule has 4 rings (SSSR count). The maximum Gasteiger partial charge on any atom is 0.220 e. The van der Waals surface area contributed by atoms with Crippen LogP contribution in [0.2, 0.25) is 0 Å². The number of nitrogens with one attached hydrogen (secondary N) is 1. The highest BCUT2D eigenvalue weighted by molar-refractivity contribution is 5.76. The van der Waals surface area contributed by atoms with Crippen LogP contribution >= 0.6 is 0 Å². The minimum Gasteiger partial charge on any atom is -0.486 e. The van der Waals surface area contributed by atoms with E-state index < -0.39 is 0 Å². The maximum atomic E-state index is 12.5. The molecular formula is C25H33N3O3. The van der Waals surface area contributed by atoms with Crippen LogP contribution in [0.1, 0.15) is 30.0 Å². The SMILES string of the molecule is CCN1CCN(Cc2ccccc2CNC(=O)CCc2ccc3c(c2)OCCO3)CC1. The summed E-state index contributed by atoms with van der Waals surface area (Å²) in [5.41, 5.74) is 3.60. The molecule has 0 unspecified atom stereocenters. The lowest BCUT2D eigenvalue weighted by atomic mass is 10.1. The van der Waals surface area contributed by atoms with Gasteiger partial charge in [0.15, 0.2) is 11.5 Å². The van der Waals surface area contributed by atoms with Gasteiger partial charge in [-0.15, -0.1) is 0 Å². The van der Waals surface area contributed by atoms with Crippen molar-refractivity contribution >= 4 is 5.91 Å². The van der Waals surface area contributed by atoms with Crippen LogP contribution in [0, 0.1) is 0 Å². The van der Waals surface area contributed by atoms with Gasteiger partial charge in [-0.25, -0.2) is 0 Å². The van der Waals surface area contributed by atoms with E-state index in [1.807, 2.05) is 18.2 Å². The fourth-order valence-electron chi connectivity index (χ4n) is 4.17. The lowest BCUT2D eigenvalue weighted by molar-refractivity contribution is -0.121. The van der Waals surface area contributed by atoms with Crippen molar-refractivity contribution in [3.63, 3.8) is 0 Å². The molecular weight excluding hydrogens is 390 g/mol. The third-order valence-electron chi connectivity index (χ3n) is 6.15. The van der Waals surface area contributed by atoms with Crippen molar-refractivity contribution in [1.29, 1.82) is 0 Å². The molecule has 1 fully saturated rings. The normalized spacial score (nSPS) is 16.8. The highest BCUT2D eigenvalue weighted by Gasteiger charge is 2.17. The minimum atomic E-state index is 0.0706. The summed E-state index contributed by atoms with van der Waals surface area (Å²) in [5.74, 6) is 1.63. The molecule has 0 atom stereocenters. The molecule has 6 heteroatoms. The van der Waals surface area contributed by atoms with Crippen molar-refractivity contribution in [3.8, 4) is 11.5 Å². The topological polar surface area (TPSA) is 54.0 Å². The number of hydrogen-bond acceptors (Lipinski definition) is 5. The Hall–Kier alpha value is -2.57. The molecule has 1 amide bonds. The number of likely N-dealkylation sites (N-methyl/N-ethyl adjacent to an activating group) is 1. The second kappa shape index (κ2) is 10.6. The zero-order valence-corrected chi connectivity index (χ0v) is 18.4. The van der Waals surface area contributed by atoms with Crippen molar-refractivity contribution in [2.24, 2.45) is 0 Å². The zero-order valence-electron chi connectivity index (χ0n) is 18.4. The Labute approximate surface area is 185 Å². The Bertz CT molecular complexity index is 878. The number of amides is 1. The molecule has 2 aliphatic rings. The number of benzene rings is 2. The standard InChI is InChI=1S/C25H33N3O3/c1-2-27-11-13-28(14-12-27)19-22-6-4-3-5-21(22)18-26-25(29)10-8-20-7-9-23-24(17-20)31-16-15-30-23/h3-7,9,17H,2,8,10-16,18-19H2,1H3,(H,26,29). The molecule has 2 aliphatic heterocycles. The molecule has 2 heterocycles. The monoisotopic (exact) mass is 423 g/mol. The molecule has 31 heavy (non-hydrogen) atoms. The minimum absolute atomic E-state index is 0.0706. The van der Waals surface area contributed by atoms with Gasteiger partial charge in [0.05, 0.1) is 0 Å². The molecule has 0 aromatic heterocycles. The molecule has 0 aliphatic carbocycles. The second-order valence-electron chi connectivity index (χ2n) is 8.23. The summed E-state index contributed by atoms with van der Waals surface area (Å²) in [4.78, 5) is 17.5. The van der Waals surface area contributed by atoms with Gasteiger partial charge < -0.3 is 19.7 Å². The Balaban J connectivity index is 1.26. The van der Waals surface area contributed by atoms with E-state index in [4.69, 9.17) is 9.47 Å². The number of ether oxygens (including phenoxy) is 2. The van der Waals surface area contributed by atoms with E-state index >= 15 is 0 Å². The Morgan fingerprint density at radius 1 is 0.935 bits per heavy atom. The van der Waals surface area contributed by atoms with Crippen molar-refractivity contribution in [2.45, 2.75) is 32.9 Å². The van der Waals surface area contributed by atoms with Crippen LogP contribution in [0.4, 0.5) is 0 Å². The number of rotatable bonds is 8. The second-order valence-corrected chi connectivity index (χ2v) is 8.23. The molecule has 0 saturated carbocycles. The number of carbonyl (C=O) groups excluding carboxylic acids is 1. The van der Waals surface area contributed by atoms with Gasteiger partial charge in [-0.3, -0.25) is 9.69 Å². The summed E-state index contributed by atoms with van der Waals surface area (Å²) >= 11 is 0.